The number of carbonyl (C=O) groups is 2. The molecule has 2 aromatic carbocycles. The molecule has 2 atom stereocenters. The lowest BCUT2D eigenvalue weighted by molar-refractivity contribution is -0.134. The van der Waals surface area contributed by atoms with E-state index in [9.17, 15) is 14.0 Å². The number of fused-ring (bicyclic) bond motifs is 3. The SMILES string of the molecule is O=C1Nc2ccc(F)cc2CN1CC(=O)N1C[C@@H]2C[C@H]1CN2Cc1ccccc1. The molecule has 0 aliphatic carbocycles. The zero-order valence-corrected chi connectivity index (χ0v) is 16.1. The van der Waals surface area contributed by atoms with Gasteiger partial charge in [-0.3, -0.25) is 9.69 Å². The first kappa shape index (κ1) is 18.1. The van der Waals surface area contributed by atoms with Crippen LogP contribution in [0.15, 0.2) is 48.5 Å². The minimum absolute atomic E-state index is 0.0176. The van der Waals surface area contributed by atoms with Crippen molar-refractivity contribution < 1.29 is 14.0 Å². The summed E-state index contributed by atoms with van der Waals surface area (Å²) in [6, 6.07) is 14.9. The van der Waals surface area contributed by atoms with E-state index in [0.717, 1.165) is 19.5 Å². The molecule has 0 unspecified atom stereocenters. The number of hydrogen-bond donors (Lipinski definition) is 1. The van der Waals surface area contributed by atoms with E-state index in [4.69, 9.17) is 0 Å². The molecule has 3 aliphatic rings. The van der Waals surface area contributed by atoms with Crippen molar-refractivity contribution >= 4 is 17.6 Å². The summed E-state index contributed by atoms with van der Waals surface area (Å²) in [4.78, 5) is 31.1. The van der Waals surface area contributed by atoms with Gasteiger partial charge >= 0.3 is 6.03 Å². The fourth-order valence-electron chi connectivity index (χ4n) is 4.73. The number of amides is 3. The number of halogens is 1. The van der Waals surface area contributed by atoms with Crippen LogP contribution >= 0.6 is 0 Å². The van der Waals surface area contributed by atoms with Crippen molar-refractivity contribution in [3.05, 3.63) is 65.5 Å². The average Bonchev–Trinajstić information content (AvgIpc) is 3.30. The number of nitrogens with zero attached hydrogens (tertiary/aromatic N) is 3. The molecule has 0 spiro atoms. The van der Waals surface area contributed by atoms with Crippen LogP contribution in [0.1, 0.15) is 17.5 Å². The number of hydrogen-bond acceptors (Lipinski definition) is 3. The lowest BCUT2D eigenvalue weighted by Gasteiger charge is -2.36. The molecule has 0 saturated carbocycles. The Morgan fingerprint density at radius 1 is 1.10 bits per heavy atom. The second-order valence-corrected chi connectivity index (χ2v) is 8.09. The normalized spacial score (nSPS) is 23.3. The highest BCUT2D eigenvalue weighted by Gasteiger charge is 2.45. The largest absolute Gasteiger partial charge is 0.335 e. The number of anilines is 1. The van der Waals surface area contributed by atoms with Gasteiger partial charge < -0.3 is 15.1 Å². The first-order valence-corrected chi connectivity index (χ1v) is 9.98. The maximum absolute atomic E-state index is 13.5. The van der Waals surface area contributed by atoms with Crippen molar-refractivity contribution in [2.24, 2.45) is 0 Å². The number of nitrogens with one attached hydrogen (secondary N) is 1. The number of benzene rings is 2. The smallest absolute Gasteiger partial charge is 0.322 e. The highest BCUT2D eigenvalue weighted by Crippen LogP contribution is 2.32. The third kappa shape index (κ3) is 3.46. The Morgan fingerprint density at radius 3 is 2.69 bits per heavy atom. The molecule has 1 N–H and O–H groups in total. The van der Waals surface area contributed by atoms with Crippen LogP contribution in [0.2, 0.25) is 0 Å². The number of rotatable bonds is 4. The van der Waals surface area contributed by atoms with E-state index in [0.29, 0.717) is 23.8 Å². The molecule has 7 heteroatoms. The van der Waals surface area contributed by atoms with Gasteiger partial charge in [-0.25, -0.2) is 9.18 Å². The van der Waals surface area contributed by atoms with Crippen LogP contribution in [0.3, 0.4) is 0 Å². The highest BCUT2D eigenvalue weighted by molar-refractivity contribution is 5.95. The lowest BCUT2D eigenvalue weighted by atomic mass is 10.1. The maximum Gasteiger partial charge on any atom is 0.322 e. The van der Waals surface area contributed by atoms with Crippen LogP contribution in [-0.4, -0.2) is 58.4 Å². The Balaban J connectivity index is 1.20. The Kier molecular flexibility index (Phi) is 4.47. The predicted octanol–water partition coefficient (Wildman–Crippen LogP) is 2.66. The third-order valence-electron chi connectivity index (χ3n) is 6.19. The van der Waals surface area contributed by atoms with Crippen LogP contribution in [0.25, 0.3) is 0 Å². The standard InChI is InChI=1S/C22H23FN4O2/c23-17-6-7-20-16(8-17)11-26(22(29)24-20)14-21(28)27-13-18-9-19(27)12-25(18)10-15-4-2-1-3-5-15/h1-8,18-19H,9-14H2,(H,24,29)/t18-,19-/m0/s1. The zero-order chi connectivity index (χ0) is 20.0. The summed E-state index contributed by atoms with van der Waals surface area (Å²) >= 11 is 0. The van der Waals surface area contributed by atoms with Gasteiger partial charge in [0.1, 0.15) is 12.4 Å². The summed E-state index contributed by atoms with van der Waals surface area (Å²) in [6.45, 7) is 2.74. The zero-order valence-electron chi connectivity index (χ0n) is 16.1. The van der Waals surface area contributed by atoms with Gasteiger partial charge in [0.05, 0.1) is 6.54 Å². The molecule has 2 fully saturated rings. The van der Waals surface area contributed by atoms with Gasteiger partial charge in [-0.15, -0.1) is 0 Å². The van der Waals surface area contributed by atoms with Crippen LogP contribution in [0, 0.1) is 5.82 Å². The van der Waals surface area contributed by atoms with Gasteiger partial charge in [0.25, 0.3) is 0 Å². The molecule has 3 aliphatic heterocycles. The van der Waals surface area contributed by atoms with Crippen LogP contribution in [-0.2, 0) is 17.9 Å². The molecule has 29 heavy (non-hydrogen) atoms. The summed E-state index contributed by atoms with van der Waals surface area (Å²) in [5, 5.41) is 2.74. The Morgan fingerprint density at radius 2 is 1.93 bits per heavy atom. The topological polar surface area (TPSA) is 55.9 Å². The maximum atomic E-state index is 13.5. The molecule has 0 aromatic heterocycles. The van der Waals surface area contributed by atoms with E-state index in [1.54, 1.807) is 6.07 Å². The fraction of sp³-hybridized carbons (Fsp3) is 0.364. The molecular formula is C22H23FN4O2. The molecule has 6 nitrogen and oxygen atoms in total. The third-order valence-corrected chi connectivity index (χ3v) is 6.19. The summed E-state index contributed by atoms with van der Waals surface area (Å²) in [7, 11) is 0. The molecule has 2 saturated heterocycles. The first-order chi connectivity index (χ1) is 14.1. The van der Waals surface area contributed by atoms with Gasteiger partial charge in [0.15, 0.2) is 0 Å². The molecule has 3 amide bonds. The van der Waals surface area contributed by atoms with Crippen molar-refractivity contribution in [3.63, 3.8) is 0 Å². The van der Waals surface area contributed by atoms with E-state index in [2.05, 4.69) is 22.3 Å². The summed E-state index contributed by atoms with van der Waals surface area (Å²) in [6.07, 6.45) is 0.985. The van der Waals surface area contributed by atoms with Gasteiger partial charge in [-0.1, -0.05) is 30.3 Å². The van der Waals surface area contributed by atoms with Crippen molar-refractivity contribution in [2.75, 3.05) is 25.0 Å². The number of piperazine rings is 1. The van der Waals surface area contributed by atoms with E-state index in [1.165, 1.54) is 22.6 Å². The number of carbonyl (C=O) groups excluding carboxylic acids is 2. The minimum Gasteiger partial charge on any atom is -0.335 e. The number of urea groups is 1. The average molecular weight is 394 g/mol. The fourth-order valence-corrected chi connectivity index (χ4v) is 4.73. The Hall–Kier alpha value is -2.93. The molecule has 2 aromatic rings. The number of likely N-dealkylation sites (tertiary alicyclic amines) is 2. The quantitative estimate of drug-likeness (QED) is 0.868. The second kappa shape index (κ2) is 7.15. The summed E-state index contributed by atoms with van der Waals surface area (Å²) in [5.74, 6) is -0.381. The van der Waals surface area contributed by atoms with Crippen molar-refractivity contribution in [1.29, 1.82) is 0 Å². The molecule has 2 bridgehead atoms. The Bertz CT molecular complexity index is 951. The monoisotopic (exact) mass is 394 g/mol. The lowest BCUT2D eigenvalue weighted by Crippen LogP contribution is -2.52. The minimum atomic E-state index is -0.346. The van der Waals surface area contributed by atoms with Gasteiger partial charge in [0.2, 0.25) is 5.91 Å². The van der Waals surface area contributed by atoms with Crippen molar-refractivity contribution in [1.82, 2.24) is 14.7 Å². The van der Waals surface area contributed by atoms with E-state index < -0.39 is 0 Å². The van der Waals surface area contributed by atoms with Crippen molar-refractivity contribution in [3.8, 4) is 0 Å². The molecule has 5 rings (SSSR count). The van der Waals surface area contributed by atoms with Crippen LogP contribution in [0.4, 0.5) is 14.9 Å². The molecule has 3 heterocycles. The Labute approximate surface area is 168 Å². The summed E-state index contributed by atoms with van der Waals surface area (Å²) in [5.41, 5.74) is 2.58. The highest BCUT2D eigenvalue weighted by atomic mass is 19.1. The van der Waals surface area contributed by atoms with E-state index >= 15 is 0 Å². The van der Waals surface area contributed by atoms with Gasteiger partial charge in [-0.2, -0.15) is 0 Å². The predicted molar refractivity (Wildman–Crippen MR) is 107 cm³/mol. The van der Waals surface area contributed by atoms with Crippen LogP contribution < -0.4 is 5.32 Å². The molecule has 150 valence electrons. The first-order valence-electron chi connectivity index (χ1n) is 9.98. The molecular weight excluding hydrogens is 371 g/mol. The van der Waals surface area contributed by atoms with Crippen LogP contribution in [0.5, 0.6) is 0 Å². The van der Waals surface area contributed by atoms with Crippen molar-refractivity contribution in [2.45, 2.75) is 31.6 Å². The second-order valence-electron chi connectivity index (χ2n) is 8.09. The van der Waals surface area contributed by atoms with Gasteiger partial charge in [-0.05, 0) is 35.7 Å². The summed E-state index contributed by atoms with van der Waals surface area (Å²) < 4.78 is 13.5. The van der Waals surface area contributed by atoms with E-state index in [-0.39, 0.29) is 36.9 Å². The van der Waals surface area contributed by atoms with Gasteiger partial charge in [0, 0.05) is 37.4 Å². The van der Waals surface area contributed by atoms with E-state index in [1.807, 2.05) is 23.1 Å². The molecule has 0 radical (unpaired) electrons.